The summed E-state index contributed by atoms with van der Waals surface area (Å²) in [6.45, 7) is 2.92. The summed E-state index contributed by atoms with van der Waals surface area (Å²) in [6.07, 6.45) is 0. The maximum atomic E-state index is 8.89. The molecule has 0 aliphatic rings. The van der Waals surface area contributed by atoms with Crippen LogP contribution in [-0.4, -0.2) is 34.3 Å². The molecular weight excluding hydrogens is 357 g/mol. The Morgan fingerprint density at radius 3 is 0.625 bits per heavy atom. The van der Waals surface area contributed by atoms with Gasteiger partial charge in [0.15, 0.2) is 0 Å². The van der Waals surface area contributed by atoms with Crippen LogP contribution in [0.5, 0.6) is 0 Å². The summed E-state index contributed by atoms with van der Waals surface area (Å²) in [5.74, 6) is -3.25. The number of hydrogen-bond acceptors (Lipinski definition) is 6. The molecule has 0 bridgehead atoms. The van der Waals surface area contributed by atoms with E-state index in [9.17, 15) is 0 Å². The Hall–Kier alpha value is -0.346. The van der Waals surface area contributed by atoms with E-state index in [1.165, 1.54) is 0 Å². The van der Waals surface area contributed by atoms with Gasteiger partial charge in [0.1, 0.15) is 0 Å². The monoisotopic (exact) mass is 372 g/mol. The van der Waals surface area contributed by atoms with Gasteiger partial charge in [-0.3, -0.25) is 0 Å². The Bertz CT molecular complexity index is 118. The van der Waals surface area contributed by atoms with Crippen molar-refractivity contribution in [1.29, 1.82) is 0 Å². The van der Waals surface area contributed by atoms with Crippen molar-refractivity contribution >= 4 is 17.9 Å². The van der Waals surface area contributed by atoms with Crippen LogP contribution < -0.4 is 15.3 Å². The average molecular weight is 372 g/mol. The molecule has 0 atom stereocenters. The first-order valence-corrected chi connectivity index (χ1v) is 2.72. The molecule has 0 radical (unpaired) electrons. The molecule has 10 heteroatoms. The van der Waals surface area contributed by atoms with Crippen molar-refractivity contribution in [1.82, 2.24) is 0 Å². The Kier molecular flexibility index (Phi) is 102. The first kappa shape index (κ1) is 44.9. The number of rotatable bonds is 0. The number of carboxylic acid groups (broad SMARTS) is 3. The van der Waals surface area contributed by atoms with Gasteiger partial charge in [-0.05, 0) is 20.8 Å². The van der Waals surface area contributed by atoms with Gasteiger partial charge in [-0.25, -0.2) is 0 Å². The van der Waals surface area contributed by atoms with Crippen LogP contribution in [0.25, 0.3) is 0 Å². The Morgan fingerprint density at radius 1 is 0.625 bits per heavy atom. The van der Waals surface area contributed by atoms with Crippen molar-refractivity contribution < 1.29 is 87.4 Å². The van der Waals surface area contributed by atoms with E-state index >= 15 is 0 Å². The minimum absolute atomic E-state index is 0. The van der Waals surface area contributed by atoms with Crippen LogP contribution in [0, 0.1) is 41.3 Å². The van der Waals surface area contributed by atoms with Crippen LogP contribution in [0.1, 0.15) is 20.8 Å². The van der Waals surface area contributed by atoms with E-state index in [2.05, 4.69) is 0 Å². The fraction of sp³-hybridized carbons (Fsp3) is 0.500. The standard InChI is InChI=1S/3C2H4O2.3H2O.Pr/c3*1-2(3)4;;;;/h3*1H3,(H,3,4);3*1H2;/q;;;;;;+3/p-3. The summed E-state index contributed by atoms with van der Waals surface area (Å²) in [6, 6.07) is 0. The minimum atomic E-state index is -1.08. The quantitative estimate of drug-likeness (QED) is 0.402. The third-order valence-corrected chi connectivity index (χ3v) is 0. The maximum absolute atomic E-state index is 8.89. The van der Waals surface area contributed by atoms with Gasteiger partial charge in [-0.1, -0.05) is 0 Å². The third kappa shape index (κ3) is 18200. The van der Waals surface area contributed by atoms with Crippen molar-refractivity contribution in [2.45, 2.75) is 20.8 Å². The van der Waals surface area contributed by atoms with E-state index in [0.29, 0.717) is 0 Å². The molecule has 0 aliphatic carbocycles. The van der Waals surface area contributed by atoms with Crippen LogP contribution in [0.3, 0.4) is 0 Å². The van der Waals surface area contributed by atoms with E-state index in [0.717, 1.165) is 20.8 Å². The van der Waals surface area contributed by atoms with E-state index < -0.39 is 17.9 Å². The van der Waals surface area contributed by atoms with Gasteiger partial charge in [0.05, 0.1) is 0 Å². The number of carboxylic acids is 3. The fourth-order valence-corrected chi connectivity index (χ4v) is 0. The molecule has 0 amide bonds. The second kappa shape index (κ2) is 36.5. The van der Waals surface area contributed by atoms with Crippen molar-refractivity contribution in [2.24, 2.45) is 0 Å². The topological polar surface area (TPSA) is 215 Å². The molecule has 0 aromatic carbocycles. The van der Waals surface area contributed by atoms with Crippen molar-refractivity contribution in [2.75, 3.05) is 0 Å². The largest absolute Gasteiger partial charge is 3.00 e. The zero-order valence-electron chi connectivity index (χ0n) is 9.03. The van der Waals surface area contributed by atoms with Crippen LogP contribution in [0.2, 0.25) is 0 Å². The molecule has 96 valence electrons. The van der Waals surface area contributed by atoms with Crippen LogP contribution in [-0.2, 0) is 14.4 Å². The van der Waals surface area contributed by atoms with E-state index in [4.69, 9.17) is 29.7 Å². The van der Waals surface area contributed by atoms with Gasteiger partial charge in [-0.2, -0.15) is 0 Å². The van der Waals surface area contributed by atoms with E-state index in [1.807, 2.05) is 0 Å². The number of aliphatic carboxylic acids is 3. The molecule has 0 saturated heterocycles. The van der Waals surface area contributed by atoms with Crippen LogP contribution in [0.15, 0.2) is 0 Å². The first-order valence-electron chi connectivity index (χ1n) is 2.72. The predicted molar refractivity (Wildman–Crippen MR) is 42.9 cm³/mol. The third-order valence-electron chi connectivity index (χ3n) is 0. The average Bonchev–Trinajstić information content (AvgIpc) is 1.54. The smallest absolute Gasteiger partial charge is 0.550 e. The summed E-state index contributed by atoms with van der Waals surface area (Å²) in [5.41, 5.74) is 0. The Balaban J connectivity index is -0.0000000135. The Morgan fingerprint density at radius 2 is 0.625 bits per heavy atom. The van der Waals surface area contributed by atoms with Gasteiger partial charge in [0, 0.05) is 17.9 Å². The van der Waals surface area contributed by atoms with E-state index in [1.54, 1.807) is 0 Å². The molecule has 0 heterocycles. The molecule has 0 aliphatic heterocycles. The minimum Gasteiger partial charge on any atom is -0.550 e. The van der Waals surface area contributed by atoms with Gasteiger partial charge >= 0.3 is 41.3 Å². The van der Waals surface area contributed by atoms with Crippen molar-refractivity contribution in [3.8, 4) is 0 Å². The van der Waals surface area contributed by atoms with Gasteiger partial charge < -0.3 is 46.1 Å². The molecule has 0 rings (SSSR count). The fourth-order valence-electron chi connectivity index (χ4n) is 0. The molecule has 0 fully saturated rings. The Labute approximate surface area is 125 Å². The van der Waals surface area contributed by atoms with Crippen LogP contribution >= 0.6 is 0 Å². The SMILES string of the molecule is CC(=O)[O-].CC(=O)[O-].CC(=O)[O-].O.O.O.[Pr+3]. The van der Waals surface area contributed by atoms with Gasteiger partial charge in [0.25, 0.3) is 0 Å². The maximum Gasteiger partial charge on any atom is 3.00 e. The van der Waals surface area contributed by atoms with Crippen molar-refractivity contribution in [3.05, 3.63) is 0 Å². The second-order valence-electron chi connectivity index (χ2n) is 1.47. The van der Waals surface area contributed by atoms with Crippen molar-refractivity contribution in [3.63, 3.8) is 0 Å². The predicted octanol–water partition coefficient (Wildman–Crippen LogP) is -6.21. The summed E-state index contributed by atoms with van der Waals surface area (Å²) < 4.78 is 0. The molecule has 0 unspecified atom stereocenters. The molecule has 6 N–H and O–H groups in total. The summed E-state index contributed by atoms with van der Waals surface area (Å²) in [7, 11) is 0. The van der Waals surface area contributed by atoms with Gasteiger partial charge in [0.2, 0.25) is 0 Å². The van der Waals surface area contributed by atoms with Crippen LogP contribution in [0.4, 0.5) is 0 Å². The molecule has 0 saturated carbocycles. The summed E-state index contributed by atoms with van der Waals surface area (Å²) in [4.78, 5) is 26.7. The number of carbonyl (C=O) groups excluding carboxylic acids is 3. The zero-order chi connectivity index (χ0) is 10.7. The molecule has 0 aromatic heterocycles. The summed E-state index contributed by atoms with van der Waals surface area (Å²) >= 11 is 0. The molecule has 0 aromatic rings. The first-order chi connectivity index (χ1) is 5.20. The van der Waals surface area contributed by atoms with E-state index in [-0.39, 0.29) is 57.7 Å². The molecule has 16 heavy (non-hydrogen) atoms. The number of carbonyl (C=O) groups is 3. The molecule has 9 nitrogen and oxygen atoms in total. The number of hydrogen-bond donors (Lipinski definition) is 0. The summed E-state index contributed by atoms with van der Waals surface area (Å²) in [5, 5.41) is 26.7. The molecular formula is C6H15O9Pr. The molecule has 0 spiro atoms. The second-order valence-corrected chi connectivity index (χ2v) is 1.47. The van der Waals surface area contributed by atoms with Gasteiger partial charge in [-0.15, -0.1) is 0 Å². The zero-order valence-corrected chi connectivity index (χ0v) is 12.7. The normalized spacial score (nSPS) is 4.69.